The Morgan fingerprint density at radius 2 is 0.875 bits per heavy atom. The molecular formula is C21H47BNO. The molecule has 0 bridgehead atoms. The van der Waals surface area contributed by atoms with Crippen LogP contribution in [0.4, 0.5) is 0 Å². The van der Waals surface area contributed by atoms with Crippen LogP contribution >= 0.6 is 0 Å². The lowest BCUT2D eigenvalue weighted by molar-refractivity contribution is -0.929. The highest BCUT2D eigenvalue weighted by Crippen LogP contribution is 2.16. The van der Waals surface area contributed by atoms with Gasteiger partial charge in [0.2, 0.25) is 0 Å². The lowest BCUT2D eigenvalue weighted by Gasteiger charge is -2.39. The van der Waals surface area contributed by atoms with E-state index in [1.807, 2.05) is 0 Å². The minimum atomic E-state index is 0.744. The Balaban J connectivity index is 0. The summed E-state index contributed by atoms with van der Waals surface area (Å²) in [5.74, 6) is 0. The standard InChI is InChI=1S/C16H36N.C5H11BO/c1-5-9-13-17(14-10-6-2,15-11-7-3)16-12-8-4;1-2-3-4-5-6-7/h5-16H2,1-4H3;2-5H2,1H3/q+1;-1. The molecule has 0 aliphatic carbocycles. The summed E-state index contributed by atoms with van der Waals surface area (Å²) in [5.41, 5.74) is 0. The summed E-state index contributed by atoms with van der Waals surface area (Å²) in [6.07, 6.45) is 15.3. The lowest BCUT2D eigenvalue weighted by Crippen LogP contribution is -2.50. The van der Waals surface area contributed by atoms with Crippen molar-refractivity contribution in [1.29, 1.82) is 0 Å². The molecule has 145 valence electrons. The van der Waals surface area contributed by atoms with Gasteiger partial charge in [-0.15, -0.1) is 6.32 Å². The van der Waals surface area contributed by atoms with Gasteiger partial charge in [-0.05, 0) is 33.2 Å². The molecule has 0 aromatic heterocycles. The molecule has 0 saturated heterocycles. The van der Waals surface area contributed by atoms with Crippen molar-refractivity contribution in [1.82, 2.24) is 0 Å². The van der Waals surface area contributed by atoms with Gasteiger partial charge in [-0.3, -0.25) is 0 Å². The minimum absolute atomic E-state index is 0.744. The monoisotopic (exact) mass is 340 g/mol. The molecule has 0 rings (SSSR count). The molecule has 0 aliphatic heterocycles. The summed E-state index contributed by atoms with van der Waals surface area (Å²) in [4.78, 5) is 0. The number of nitrogens with zero attached hydrogens (tertiary/aromatic N) is 1. The van der Waals surface area contributed by atoms with Gasteiger partial charge < -0.3 is 9.51 Å². The van der Waals surface area contributed by atoms with E-state index in [0.717, 1.165) is 20.2 Å². The van der Waals surface area contributed by atoms with E-state index in [9.17, 15) is 5.02 Å². The first-order chi connectivity index (χ1) is 11.7. The summed E-state index contributed by atoms with van der Waals surface area (Å²) in [5, 5.41) is 9.68. The van der Waals surface area contributed by atoms with Crippen molar-refractivity contribution in [3.05, 3.63) is 0 Å². The van der Waals surface area contributed by atoms with Gasteiger partial charge in [0.15, 0.2) is 0 Å². The van der Waals surface area contributed by atoms with Crippen LogP contribution in [0.25, 0.3) is 0 Å². The van der Waals surface area contributed by atoms with E-state index in [4.69, 9.17) is 0 Å². The fourth-order valence-electron chi connectivity index (χ4n) is 3.12. The summed E-state index contributed by atoms with van der Waals surface area (Å²) < 4.78 is 1.42. The molecule has 0 aromatic rings. The molecule has 3 heteroatoms. The number of unbranched alkanes of at least 4 members (excludes halogenated alkanes) is 6. The number of quaternary nitrogens is 1. The predicted octanol–water partition coefficient (Wildman–Crippen LogP) is 5.58. The van der Waals surface area contributed by atoms with Crippen LogP contribution in [0.15, 0.2) is 0 Å². The van der Waals surface area contributed by atoms with Crippen molar-refractivity contribution in [3.8, 4) is 0 Å². The zero-order chi connectivity index (χ0) is 18.5. The zero-order valence-electron chi connectivity index (χ0n) is 17.7. The Morgan fingerprint density at radius 1 is 0.542 bits per heavy atom. The largest absolute Gasteiger partial charge is 0.885 e. The molecule has 24 heavy (non-hydrogen) atoms. The molecule has 0 saturated carbocycles. The Hall–Kier alpha value is -0.0151. The van der Waals surface area contributed by atoms with Gasteiger partial charge >= 0.3 is 0 Å². The van der Waals surface area contributed by atoms with E-state index in [1.165, 1.54) is 94.9 Å². The molecule has 1 radical (unpaired) electrons. The van der Waals surface area contributed by atoms with Crippen LogP contribution in [0.5, 0.6) is 0 Å². The molecule has 0 heterocycles. The smallest absolute Gasteiger partial charge is 0.0786 e. The minimum Gasteiger partial charge on any atom is -0.885 e. The van der Waals surface area contributed by atoms with Gasteiger partial charge in [0.05, 0.1) is 26.2 Å². The molecule has 2 nitrogen and oxygen atoms in total. The van der Waals surface area contributed by atoms with Crippen LogP contribution in [0.3, 0.4) is 0 Å². The van der Waals surface area contributed by atoms with Crippen molar-refractivity contribution < 1.29 is 9.51 Å². The molecule has 0 amide bonds. The second-order valence-corrected chi connectivity index (χ2v) is 7.31. The molecule has 0 spiro atoms. The summed E-state index contributed by atoms with van der Waals surface area (Å²) in [6.45, 7) is 17.1. The zero-order valence-corrected chi connectivity index (χ0v) is 17.7. The third kappa shape index (κ3) is 16.8. The van der Waals surface area contributed by atoms with Crippen LogP contribution in [-0.2, 0) is 0 Å². The molecular weight excluding hydrogens is 293 g/mol. The lowest BCUT2D eigenvalue weighted by atomic mass is 9.92. The molecule has 0 aliphatic rings. The van der Waals surface area contributed by atoms with E-state index in [2.05, 4.69) is 34.6 Å². The van der Waals surface area contributed by atoms with Gasteiger partial charge in [-0.1, -0.05) is 79.6 Å². The second-order valence-electron chi connectivity index (χ2n) is 7.31. The average molecular weight is 340 g/mol. The van der Waals surface area contributed by atoms with Crippen molar-refractivity contribution >= 4 is 7.48 Å². The maximum atomic E-state index is 9.68. The Kier molecular flexibility index (Phi) is 23.0. The van der Waals surface area contributed by atoms with Gasteiger partial charge in [-0.25, -0.2) is 0 Å². The number of hydrogen-bond donors (Lipinski definition) is 0. The normalized spacial score (nSPS) is 11.1. The summed E-state index contributed by atoms with van der Waals surface area (Å²) in [6, 6.07) is 0. The van der Waals surface area contributed by atoms with Gasteiger partial charge in [0.1, 0.15) is 0 Å². The first-order valence-electron chi connectivity index (χ1n) is 10.9. The predicted molar refractivity (Wildman–Crippen MR) is 109 cm³/mol. The molecule has 0 atom stereocenters. The van der Waals surface area contributed by atoms with E-state index in [0.29, 0.717) is 0 Å². The maximum absolute atomic E-state index is 9.68. The van der Waals surface area contributed by atoms with E-state index in [1.54, 1.807) is 0 Å². The fourth-order valence-corrected chi connectivity index (χ4v) is 3.12. The van der Waals surface area contributed by atoms with Crippen molar-refractivity contribution in [2.24, 2.45) is 0 Å². The summed E-state index contributed by atoms with van der Waals surface area (Å²) >= 11 is 0. The Bertz CT molecular complexity index is 182. The maximum Gasteiger partial charge on any atom is 0.0786 e. The van der Waals surface area contributed by atoms with Gasteiger partial charge in [0, 0.05) is 0 Å². The van der Waals surface area contributed by atoms with Crippen LogP contribution in [0.2, 0.25) is 6.32 Å². The van der Waals surface area contributed by atoms with Crippen molar-refractivity contribution in [2.75, 3.05) is 26.2 Å². The van der Waals surface area contributed by atoms with Crippen LogP contribution in [0.1, 0.15) is 105 Å². The quantitative estimate of drug-likeness (QED) is 0.204. The van der Waals surface area contributed by atoms with Gasteiger partial charge in [-0.2, -0.15) is 0 Å². The molecule has 0 fully saturated rings. The Labute approximate surface area is 155 Å². The second kappa shape index (κ2) is 21.0. The fraction of sp³-hybridized carbons (Fsp3) is 1.00. The van der Waals surface area contributed by atoms with Crippen molar-refractivity contribution in [3.63, 3.8) is 0 Å². The SMILES string of the molecule is CCCCC[B][O-].CCCC[N+](CCCC)(CCCC)CCCC. The van der Waals surface area contributed by atoms with Crippen molar-refractivity contribution in [2.45, 2.75) is 112 Å². The number of hydrogen-bond acceptors (Lipinski definition) is 1. The average Bonchev–Trinajstić information content (AvgIpc) is 2.61. The Morgan fingerprint density at radius 3 is 1.12 bits per heavy atom. The molecule has 0 unspecified atom stereocenters. The highest BCUT2D eigenvalue weighted by Gasteiger charge is 2.24. The third-order valence-corrected chi connectivity index (χ3v) is 4.87. The first kappa shape index (κ1) is 26.2. The van der Waals surface area contributed by atoms with E-state index in [-0.39, 0.29) is 0 Å². The summed E-state index contributed by atoms with van der Waals surface area (Å²) in [7, 11) is 0.982. The van der Waals surface area contributed by atoms with E-state index < -0.39 is 0 Å². The topological polar surface area (TPSA) is 23.1 Å². The van der Waals surface area contributed by atoms with Gasteiger partial charge in [0.25, 0.3) is 0 Å². The third-order valence-electron chi connectivity index (χ3n) is 4.87. The van der Waals surface area contributed by atoms with Crippen LogP contribution in [-0.4, -0.2) is 38.1 Å². The molecule has 0 aromatic carbocycles. The highest BCUT2D eigenvalue weighted by atomic mass is 16.2. The first-order valence-corrected chi connectivity index (χ1v) is 10.9. The van der Waals surface area contributed by atoms with E-state index >= 15 is 0 Å². The van der Waals surface area contributed by atoms with Crippen LogP contribution in [0, 0.1) is 0 Å². The van der Waals surface area contributed by atoms with Crippen LogP contribution < -0.4 is 5.02 Å². The number of rotatable bonds is 16. The molecule has 0 N–H and O–H groups in total. The highest BCUT2D eigenvalue weighted by molar-refractivity contribution is 6.22.